The molecule has 0 saturated heterocycles. The molecular weight excluding hydrogens is 753 g/mol. The highest BCUT2D eigenvalue weighted by molar-refractivity contribution is 7.27. The maximum Gasteiger partial charge on any atom is 0.124 e. The Bertz CT molecular complexity index is 3240. The van der Waals surface area contributed by atoms with Gasteiger partial charge in [-0.05, 0) is 81.9 Å². The summed E-state index contributed by atoms with van der Waals surface area (Å²) in [5, 5.41) is 3.56. The summed E-state index contributed by atoms with van der Waals surface area (Å²) in [4.78, 5) is 7.71. The van der Waals surface area contributed by atoms with Gasteiger partial charge in [0.25, 0.3) is 0 Å². The van der Waals surface area contributed by atoms with Crippen LogP contribution in [-0.2, 0) is 0 Å². The maximum atomic E-state index is 5.29. The van der Waals surface area contributed by atoms with E-state index in [1.807, 2.05) is 11.3 Å². The maximum absolute atomic E-state index is 5.29. The third-order valence-corrected chi connectivity index (χ3v) is 13.4. The van der Waals surface area contributed by atoms with E-state index in [4.69, 9.17) is 4.98 Å². The number of fused-ring (bicyclic) bond motifs is 4. The van der Waals surface area contributed by atoms with Crippen LogP contribution in [-0.4, -0.2) is 4.98 Å². The molecule has 0 radical (unpaired) electrons. The zero-order valence-electron chi connectivity index (χ0n) is 32.0. The summed E-state index contributed by atoms with van der Waals surface area (Å²) in [7, 11) is 0. The number of thiophene rings is 1. The summed E-state index contributed by atoms with van der Waals surface area (Å²) < 4.78 is 3.78. The molecule has 9 aromatic carbocycles. The van der Waals surface area contributed by atoms with Crippen LogP contribution in [0, 0.1) is 0 Å². The Morgan fingerprint density at radius 3 is 1.64 bits per heavy atom. The third kappa shape index (κ3) is 6.49. The molecule has 2 aromatic heterocycles. The zero-order chi connectivity index (χ0) is 39.1. The van der Waals surface area contributed by atoms with Gasteiger partial charge in [-0.3, -0.25) is 0 Å². The molecule has 0 aliphatic heterocycles. The average Bonchev–Trinajstić information content (AvgIpc) is 3.92. The van der Waals surface area contributed by atoms with E-state index in [2.05, 4.69) is 223 Å². The summed E-state index contributed by atoms with van der Waals surface area (Å²) in [6.45, 7) is 0. The minimum atomic E-state index is 1.03. The summed E-state index contributed by atoms with van der Waals surface area (Å²) >= 11 is 3.66. The largest absolute Gasteiger partial charge is 0.310 e. The van der Waals surface area contributed by atoms with Crippen molar-refractivity contribution in [1.82, 2.24) is 4.98 Å². The number of rotatable bonds is 8. The van der Waals surface area contributed by atoms with Gasteiger partial charge in [0.15, 0.2) is 0 Å². The molecule has 0 atom stereocenters. The molecule has 0 saturated carbocycles. The van der Waals surface area contributed by atoms with Crippen LogP contribution < -0.4 is 4.90 Å². The van der Waals surface area contributed by atoms with E-state index in [1.54, 1.807) is 11.3 Å². The van der Waals surface area contributed by atoms with Crippen LogP contribution in [0.3, 0.4) is 0 Å². The van der Waals surface area contributed by atoms with Crippen LogP contribution >= 0.6 is 22.7 Å². The van der Waals surface area contributed by atoms with Crippen LogP contribution in [0.2, 0.25) is 0 Å². The second kappa shape index (κ2) is 15.0. The van der Waals surface area contributed by atoms with E-state index >= 15 is 0 Å². The van der Waals surface area contributed by atoms with Gasteiger partial charge in [-0.15, -0.1) is 22.7 Å². The van der Waals surface area contributed by atoms with Gasteiger partial charge >= 0.3 is 0 Å². The van der Waals surface area contributed by atoms with Crippen molar-refractivity contribution in [2.75, 3.05) is 4.90 Å². The second-order valence-electron chi connectivity index (χ2n) is 14.7. The minimum absolute atomic E-state index is 1.03. The fourth-order valence-corrected chi connectivity index (χ4v) is 10.7. The highest BCUT2D eigenvalue weighted by atomic mass is 32.1. The number of aromatic nitrogens is 1. The summed E-state index contributed by atoms with van der Waals surface area (Å²) in [6, 6.07) is 78.7. The van der Waals surface area contributed by atoms with E-state index in [0.29, 0.717) is 0 Å². The fourth-order valence-electron chi connectivity index (χ4n) is 8.26. The lowest BCUT2D eigenvalue weighted by molar-refractivity contribution is 1.28. The molecular formula is C55H36N2S2. The zero-order valence-corrected chi connectivity index (χ0v) is 33.6. The molecule has 0 spiro atoms. The normalized spacial score (nSPS) is 11.4. The molecule has 0 aliphatic rings. The van der Waals surface area contributed by atoms with Crippen molar-refractivity contribution in [3.8, 4) is 55.1 Å². The molecule has 11 aromatic rings. The lowest BCUT2D eigenvalue weighted by Crippen LogP contribution is -2.11. The Kier molecular flexibility index (Phi) is 8.92. The Labute approximate surface area is 351 Å². The monoisotopic (exact) mass is 788 g/mol. The standard InChI is InChI=1S/C55H36N2S2/c1-5-16-37(17-6-1)39-28-31-44(32-29-39)57(45-25-15-24-42(34-45)38-18-7-2-8-19-38)50-33-30-43(35-47(50)40-20-9-3-10-21-40)52-53-48(46-26-13-14-27-51(46)58-53)36-49-54(52)59-55(56-49)41-22-11-4-12-23-41/h1-36H. The Hall–Kier alpha value is -7.11. The first-order chi connectivity index (χ1) is 29.2. The SMILES string of the molecule is c1ccc(-c2ccc(N(c3cccc(-c4ccccc4)c3)c3ccc(-c4c5sc(-c6ccccc6)nc5cc5c4sc4ccccc45)cc3-c3ccccc3)cc2)cc1. The molecule has 0 unspecified atom stereocenters. The molecule has 0 amide bonds. The number of hydrogen-bond donors (Lipinski definition) is 0. The molecule has 0 bridgehead atoms. The quantitative estimate of drug-likeness (QED) is 0.152. The number of nitrogens with zero attached hydrogens (tertiary/aromatic N) is 2. The van der Waals surface area contributed by atoms with Crippen molar-refractivity contribution in [2.45, 2.75) is 0 Å². The lowest BCUT2D eigenvalue weighted by Gasteiger charge is -2.29. The molecule has 4 heteroatoms. The van der Waals surface area contributed by atoms with Crippen LogP contribution in [0.5, 0.6) is 0 Å². The smallest absolute Gasteiger partial charge is 0.124 e. The molecule has 0 aliphatic carbocycles. The van der Waals surface area contributed by atoms with E-state index in [9.17, 15) is 0 Å². The van der Waals surface area contributed by atoms with E-state index in [0.717, 1.165) is 44.3 Å². The minimum Gasteiger partial charge on any atom is -0.310 e. The first-order valence-corrected chi connectivity index (χ1v) is 21.5. The molecule has 2 nitrogen and oxygen atoms in total. The predicted octanol–water partition coefficient (Wildman–Crippen LogP) is 16.5. The van der Waals surface area contributed by atoms with Gasteiger partial charge in [-0.2, -0.15) is 0 Å². The lowest BCUT2D eigenvalue weighted by atomic mass is 9.94. The van der Waals surface area contributed by atoms with Gasteiger partial charge in [-0.25, -0.2) is 4.98 Å². The molecule has 0 N–H and O–H groups in total. The Morgan fingerprint density at radius 1 is 0.356 bits per heavy atom. The van der Waals surface area contributed by atoms with Crippen molar-refractivity contribution in [3.05, 3.63) is 218 Å². The predicted molar refractivity (Wildman–Crippen MR) is 254 cm³/mol. The number of anilines is 3. The molecule has 11 rings (SSSR count). The van der Waals surface area contributed by atoms with Gasteiger partial charge in [0.2, 0.25) is 0 Å². The molecule has 59 heavy (non-hydrogen) atoms. The summed E-state index contributed by atoms with van der Waals surface area (Å²) in [5.41, 5.74) is 14.9. The van der Waals surface area contributed by atoms with Crippen LogP contribution in [0.15, 0.2) is 218 Å². The van der Waals surface area contributed by atoms with E-state index in [-0.39, 0.29) is 0 Å². The van der Waals surface area contributed by atoms with Crippen molar-refractivity contribution in [1.29, 1.82) is 0 Å². The van der Waals surface area contributed by atoms with Crippen molar-refractivity contribution in [3.63, 3.8) is 0 Å². The summed E-state index contributed by atoms with van der Waals surface area (Å²) in [5.74, 6) is 0. The molecule has 0 fully saturated rings. The number of thiazole rings is 1. The van der Waals surface area contributed by atoms with Gasteiger partial charge < -0.3 is 4.90 Å². The van der Waals surface area contributed by atoms with Gasteiger partial charge in [0, 0.05) is 48.2 Å². The van der Waals surface area contributed by atoms with Gasteiger partial charge in [0.05, 0.1) is 15.9 Å². The van der Waals surface area contributed by atoms with Crippen molar-refractivity contribution < 1.29 is 0 Å². The Morgan fingerprint density at radius 2 is 0.932 bits per heavy atom. The Balaban J connectivity index is 1.16. The second-order valence-corrected chi connectivity index (χ2v) is 16.8. The number of hydrogen-bond acceptors (Lipinski definition) is 4. The number of benzene rings is 9. The molecule has 278 valence electrons. The van der Waals surface area contributed by atoms with Gasteiger partial charge in [-0.1, -0.05) is 170 Å². The highest BCUT2D eigenvalue weighted by Crippen LogP contribution is 2.50. The van der Waals surface area contributed by atoms with Gasteiger partial charge in [0.1, 0.15) is 5.01 Å². The fraction of sp³-hybridized carbons (Fsp3) is 0. The van der Waals surface area contributed by atoms with Crippen LogP contribution in [0.25, 0.3) is 85.5 Å². The van der Waals surface area contributed by atoms with Crippen molar-refractivity contribution in [2.24, 2.45) is 0 Å². The topological polar surface area (TPSA) is 16.1 Å². The first kappa shape index (κ1) is 35.1. The first-order valence-electron chi connectivity index (χ1n) is 19.9. The summed E-state index contributed by atoms with van der Waals surface area (Å²) in [6.07, 6.45) is 0. The highest BCUT2D eigenvalue weighted by Gasteiger charge is 2.23. The van der Waals surface area contributed by atoms with E-state index in [1.165, 1.54) is 58.3 Å². The molecule has 2 heterocycles. The average molecular weight is 789 g/mol. The van der Waals surface area contributed by atoms with Crippen LogP contribution in [0.1, 0.15) is 0 Å². The van der Waals surface area contributed by atoms with E-state index < -0.39 is 0 Å². The third-order valence-electron chi connectivity index (χ3n) is 11.1. The van der Waals surface area contributed by atoms with Crippen molar-refractivity contribution >= 4 is 70.1 Å². The van der Waals surface area contributed by atoms with Crippen LogP contribution in [0.4, 0.5) is 17.1 Å².